The van der Waals surface area contributed by atoms with Gasteiger partial charge >= 0.3 is 12.0 Å². The van der Waals surface area contributed by atoms with Gasteiger partial charge in [-0.15, -0.1) is 0 Å². The van der Waals surface area contributed by atoms with Crippen molar-refractivity contribution in [2.24, 2.45) is 0 Å². The van der Waals surface area contributed by atoms with Gasteiger partial charge in [0.05, 0.1) is 25.8 Å². The number of ether oxygens (including phenoxy) is 3. The third kappa shape index (κ3) is 6.01. The molecule has 0 spiro atoms. The normalized spacial score (nSPS) is 9.92. The molecule has 0 fully saturated rings. The Bertz CT molecular complexity index is 748. The molecule has 0 atom stereocenters. The Morgan fingerprint density at radius 1 is 1.00 bits per heavy atom. The predicted molar refractivity (Wildman–Crippen MR) is 97.9 cm³/mol. The number of benzene rings is 2. The van der Waals surface area contributed by atoms with Crippen molar-refractivity contribution >= 4 is 17.7 Å². The minimum Gasteiger partial charge on any atom is -0.494 e. The van der Waals surface area contributed by atoms with Crippen molar-refractivity contribution in [2.75, 3.05) is 32.2 Å². The average Bonchev–Trinajstić information content (AvgIpc) is 2.65. The van der Waals surface area contributed by atoms with E-state index in [4.69, 9.17) is 9.47 Å². The summed E-state index contributed by atoms with van der Waals surface area (Å²) in [5, 5.41) is 5.33. The highest BCUT2D eigenvalue weighted by atomic mass is 16.5. The van der Waals surface area contributed by atoms with E-state index >= 15 is 0 Å². The van der Waals surface area contributed by atoms with Gasteiger partial charge in [-0.25, -0.2) is 9.59 Å². The van der Waals surface area contributed by atoms with Crippen molar-refractivity contribution in [3.8, 4) is 11.5 Å². The van der Waals surface area contributed by atoms with Crippen molar-refractivity contribution in [3.63, 3.8) is 0 Å². The van der Waals surface area contributed by atoms with E-state index in [0.29, 0.717) is 36.8 Å². The molecule has 0 saturated carbocycles. The van der Waals surface area contributed by atoms with E-state index in [-0.39, 0.29) is 0 Å². The Balaban J connectivity index is 1.75. The molecule has 0 saturated heterocycles. The van der Waals surface area contributed by atoms with Crippen LogP contribution in [-0.4, -0.2) is 38.9 Å². The molecule has 0 unspecified atom stereocenters. The summed E-state index contributed by atoms with van der Waals surface area (Å²) in [7, 11) is 1.30. The molecule has 26 heavy (non-hydrogen) atoms. The number of nitrogens with one attached hydrogen (secondary N) is 2. The standard InChI is InChI=1S/C19H22N2O5/c1-3-25-16-8-5-9-17(13-16)26-11-10-20-19(23)21-15-7-4-6-14(12-15)18(22)24-2/h4-9,12-13H,3,10-11H2,1-2H3,(H2,20,21,23). The van der Waals surface area contributed by atoms with Crippen LogP contribution >= 0.6 is 0 Å². The summed E-state index contributed by atoms with van der Waals surface area (Å²) >= 11 is 0. The highest BCUT2D eigenvalue weighted by Crippen LogP contribution is 2.19. The second-order valence-corrected chi connectivity index (χ2v) is 5.21. The molecule has 2 rings (SSSR count). The molecule has 7 nitrogen and oxygen atoms in total. The van der Waals surface area contributed by atoms with Gasteiger partial charge in [0, 0.05) is 11.8 Å². The Morgan fingerprint density at radius 2 is 1.73 bits per heavy atom. The van der Waals surface area contributed by atoms with E-state index in [1.54, 1.807) is 30.3 Å². The first-order valence-electron chi connectivity index (χ1n) is 8.21. The molecule has 2 aromatic carbocycles. The molecule has 0 radical (unpaired) electrons. The van der Waals surface area contributed by atoms with Crippen LogP contribution in [0.25, 0.3) is 0 Å². The summed E-state index contributed by atoms with van der Waals surface area (Å²) in [4.78, 5) is 23.4. The smallest absolute Gasteiger partial charge is 0.337 e. The molecule has 0 aliphatic carbocycles. The van der Waals surface area contributed by atoms with Crippen molar-refractivity contribution in [3.05, 3.63) is 54.1 Å². The largest absolute Gasteiger partial charge is 0.494 e. The zero-order valence-corrected chi connectivity index (χ0v) is 14.8. The van der Waals surface area contributed by atoms with Crippen molar-refractivity contribution in [2.45, 2.75) is 6.92 Å². The van der Waals surface area contributed by atoms with Gasteiger partial charge in [0.2, 0.25) is 0 Å². The van der Waals surface area contributed by atoms with Crippen molar-refractivity contribution in [1.82, 2.24) is 5.32 Å². The van der Waals surface area contributed by atoms with E-state index in [1.165, 1.54) is 7.11 Å². The molecule has 0 aromatic heterocycles. The first kappa shape index (κ1) is 19.1. The maximum absolute atomic E-state index is 11.9. The maximum atomic E-state index is 11.9. The lowest BCUT2D eigenvalue weighted by atomic mass is 10.2. The number of amides is 2. The monoisotopic (exact) mass is 358 g/mol. The van der Waals surface area contributed by atoms with Gasteiger partial charge in [-0.05, 0) is 37.3 Å². The first-order valence-corrected chi connectivity index (χ1v) is 8.21. The lowest BCUT2D eigenvalue weighted by molar-refractivity contribution is 0.0600. The number of anilines is 1. The topological polar surface area (TPSA) is 85.9 Å². The van der Waals surface area contributed by atoms with E-state index in [1.807, 2.05) is 25.1 Å². The molecule has 138 valence electrons. The molecule has 2 amide bonds. The van der Waals surface area contributed by atoms with Crippen LogP contribution in [0, 0.1) is 0 Å². The number of urea groups is 1. The average molecular weight is 358 g/mol. The van der Waals surface area contributed by atoms with Gasteiger partial charge in [-0.1, -0.05) is 12.1 Å². The number of carbonyl (C=O) groups is 2. The highest BCUT2D eigenvalue weighted by molar-refractivity contribution is 5.93. The van der Waals surface area contributed by atoms with Gasteiger partial charge in [-0.3, -0.25) is 0 Å². The number of methoxy groups -OCH3 is 1. The third-order valence-corrected chi connectivity index (χ3v) is 3.31. The number of hydrogen-bond donors (Lipinski definition) is 2. The fraction of sp³-hybridized carbons (Fsp3) is 0.263. The van der Waals surface area contributed by atoms with Crippen LogP contribution < -0.4 is 20.1 Å². The molecule has 7 heteroatoms. The van der Waals surface area contributed by atoms with Gasteiger partial charge in [0.1, 0.15) is 18.1 Å². The van der Waals surface area contributed by atoms with Crippen molar-refractivity contribution < 1.29 is 23.8 Å². The molecule has 2 aromatic rings. The Morgan fingerprint density at radius 3 is 2.46 bits per heavy atom. The van der Waals surface area contributed by atoms with Crippen LogP contribution in [0.5, 0.6) is 11.5 Å². The second-order valence-electron chi connectivity index (χ2n) is 5.21. The molecule has 0 bridgehead atoms. The molecular formula is C19H22N2O5. The molecular weight excluding hydrogens is 336 g/mol. The summed E-state index contributed by atoms with van der Waals surface area (Å²) in [6.07, 6.45) is 0. The minimum absolute atomic E-state index is 0.311. The van der Waals surface area contributed by atoms with Gasteiger partial charge in [-0.2, -0.15) is 0 Å². The Hall–Kier alpha value is -3.22. The molecule has 0 heterocycles. The van der Waals surface area contributed by atoms with E-state index in [2.05, 4.69) is 15.4 Å². The predicted octanol–water partition coefficient (Wildman–Crippen LogP) is 3.07. The van der Waals surface area contributed by atoms with Crippen LogP contribution in [0.4, 0.5) is 10.5 Å². The number of hydrogen-bond acceptors (Lipinski definition) is 5. The lowest BCUT2D eigenvalue weighted by Gasteiger charge is -2.10. The van der Waals surface area contributed by atoms with Crippen LogP contribution in [0.2, 0.25) is 0 Å². The van der Waals surface area contributed by atoms with E-state index < -0.39 is 12.0 Å². The third-order valence-electron chi connectivity index (χ3n) is 3.31. The summed E-state index contributed by atoms with van der Waals surface area (Å²) in [6.45, 7) is 3.13. The van der Waals surface area contributed by atoms with Crippen LogP contribution in [-0.2, 0) is 4.74 Å². The number of rotatable bonds is 8. The zero-order chi connectivity index (χ0) is 18.8. The Labute approximate surface area is 152 Å². The summed E-state index contributed by atoms with van der Waals surface area (Å²) in [5.74, 6) is 0.946. The van der Waals surface area contributed by atoms with Gasteiger partial charge in [0.25, 0.3) is 0 Å². The highest BCUT2D eigenvalue weighted by Gasteiger charge is 2.07. The van der Waals surface area contributed by atoms with E-state index in [0.717, 1.165) is 5.75 Å². The molecule has 0 aliphatic heterocycles. The first-order chi connectivity index (χ1) is 12.6. The van der Waals surface area contributed by atoms with Crippen molar-refractivity contribution in [1.29, 1.82) is 0 Å². The zero-order valence-electron chi connectivity index (χ0n) is 14.8. The van der Waals surface area contributed by atoms with Crippen LogP contribution in [0.1, 0.15) is 17.3 Å². The van der Waals surface area contributed by atoms with Crippen LogP contribution in [0.3, 0.4) is 0 Å². The lowest BCUT2D eigenvalue weighted by Crippen LogP contribution is -2.32. The summed E-state index contributed by atoms with van der Waals surface area (Å²) in [6, 6.07) is 13.4. The fourth-order valence-electron chi connectivity index (χ4n) is 2.17. The Kier molecular flexibility index (Phi) is 7.30. The molecule has 2 N–H and O–H groups in total. The SMILES string of the molecule is CCOc1cccc(OCCNC(=O)Nc2cccc(C(=O)OC)c2)c1. The fourth-order valence-corrected chi connectivity index (χ4v) is 2.17. The second kappa shape index (κ2) is 9.93. The minimum atomic E-state index is -0.461. The van der Waals surface area contributed by atoms with E-state index in [9.17, 15) is 9.59 Å². The number of carbonyl (C=O) groups excluding carboxylic acids is 2. The summed E-state index contributed by atoms with van der Waals surface area (Å²) < 4.78 is 15.6. The summed E-state index contributed by atoms with van der Waals surface area (Å²) in [5.41, 5.74) is 0.860. The van der Waals surface area contributed by atoms with Crippen LogP contribution in [0.15, 0.2) is 48.5 Å². The quantitative estimate of drug-likeness (QED) is 0.559. The molecule has 0 aliphatic rings. The van der Waals surface area contributed by atoms with Gasteiger partial charge < -0.3 is 24.8 Å². The van der Waals surface area contributed by atoms with Gasteiger partial charge in [0.15, 0.2) is 0 Å². The number of esters is 1. The maximum Gasteiger partial charge on any atom is 0.337 e.